The van der Waals surface area contributed by atoms with E-state index in [1.54, 1.807) is 0 Å². The van der Waals surface area contributed by atoms with Gasteiger partial charge >= 0.3 is 0 Å². The van der Waals surface area contributed by atoms with Gasteiger partial charge in [0.2, 0.25) is 0 Å². The van der Waals surface area contributed by atoms with Crippen molar-refractivity contribution in [3.63, 3.8) is 0 Å². The molecule has 1 aliphatic heterocycles. The highest BCUT2D eigenvalue weighted by atomic mass is 16.5. The summed E-state index contributed by atoms with van der Waals surface area (Å²) < 4.78 is 5.54. The minimum atomic E-state index is -0.437. The highest BCUT2D eigenvalue weighted by molar-refractivity contribution is 5.39. The van der Waals surface area contributed by atoms with Crippen LogP contribution in [0.3, 0.4) is 0 Å². The van der Waals surface area contributed by atoms with Crippen LogP contribution in [0.4, 0.5) is 0 Å². The van der Waals surface area contributed by atoms with Gasteiger partial charge in [-0.15, -0.1) is 0 Å². The topological polar surface area (TPSA) is 29.5 Å². The van der Waals surface area contributed by atoms with E-state index >= 15 is 0 Å². The Kier molecular flexibility index (Phi) is 3.53. The van der Waals surface area contributed by atoms with E-state index < -0.39 is 5.60 Å². The molecule has 1 fully saturated rings. The van der Waals surface area contributed by atoms with E-state index in [9.17, 15) is 5.11 Å². The fraction of sp³-hybridized carbons (Fsp3) is 0.647. The largest absolute Gasteiger partial charge is 0.493 e. The molecule has 2 nitrogen and oxygen atoms in total. The van der Waals surface area contributed by atoms with Crippen LogP contribution in [0.2, 0.25) is 0 Å². The first-order valence-corrected chi connectivity index (χ1v) is 7.64. The standard InChI is InChI=1S/C17H24O2/c1-13-4-2-3-9-17(13,18)10-7-14-5-6-16-15(12-14)8-11-19-16/h5-6,12-13,18H,2-4,7-11H2,1H3. The maximum Gasteiger partial charge on any atom is 0.122 e. The number of benzene rings is 1. The molecule has 2 unspecified atom stereocenters. The van der Waals surface area contributed by atoms with E-state index in [-0.39, 0.29) is 0 Å². The van der Waals surface area contributed by atoms with E-state index in [0.29, 0.717) is 5.92 Å². The van der Waals surface area contributed by atoms with E-state index in [1.807, 2.05) is 0 Å². The van der Waals surface area contributed by atoms with Crippen LogP contribution in [-0.2, 0) is 12.8 Å². The van der Waals surface area contributed by atoms with E-state index in [4.69, 9.17) is 4.74 Å². The molecule has 3 rings (SSSR count). The van der Waals surface area contributed by atoms with Crippen molar-refractivity contribution in [3.05, 3.63) is 29.3 Å². The molecule has 0 radical (unpaired) electrons. The van der Waals surface area contributed by atoms with Gasteiger partial charge in [0, 0.05) is 6.42 Å². The molecule has 2 aliphatic rings. The third kappa shape index (κ3) is 2.64. The summed E-state index contributed by atoms with van der Waals surface area (Å²) >= 11 is 0. The molecule has 1 heterocycles. The predicted molar refractivity (Wildman–Crippen MR) is 76.5 cm³/mol. The van der Waals surface area contributed by atoms with Crippen molar-refractivity contribution in [2.75, 3.05) is 6.61 Å². The SMILES string of the molecule is CC1CCCCC1(O)CCc1ccc2c(c1)CCO2. The van der Waals surface area contributed by atoms with Crippen LogP contribution in [0.1, 0.15) is 50.2 Å². The average Bonchev–Trinajstić information content (AvgIpc) is 2.88. The molecule has 1 aliphatic carbocycles. The first kappa shape index (κ1) is 13.0. The molecule has 1 aromatic rings. The highest BCUT2D eigenvalue weighted by Crippen LogP contribution is 2.37. The summed E-state index contributed by atoms with van der Waals surface area (Å²) in [6, 6.07) is 6.51. The van der Waals surface area contributed by atoms with Gasteiger partial charge in [0.05, 0.1) is 12.2 Å². The predicted octanol–water partition coefficient (Wildman–Crippen LogP) is 3.50. The molecule has 1 N–H and O–H groups in total. The number of rotatable bonds is 3. The summed E-state index contributed by atoms with van der Waals surface area (Å²) in [7, 11) is 0. The second kappa shape index (κ2) is 5.16. The Morgan fingerprint density at radius 1 is 1.37 bits per heavy atom. The molecular weight excluding hydrogens is 236 g/mol. The third-order valence-corrected chi connectivity index (χ3v) is 5.01. The normalized spacial score (nSPS) is 29.9. The van der Waals surface area contributed by atoms with Crippen LogP contribution in [0, 0.1) is 5.92 Å². The van der Waals surface area contributed by atoms with Gasteiger partial charge in [-0.05, 0) is 48.8 Å². The van der Waals surface area contributed by atoms with Crippen molar-refractivity contribution < 1.29 is 9.84 Å². The molecule has 0 aromatic heterocycles. The summed E-state index contributed by atoms with van der Waals surface area (Å²) in [5.74, 6) is 1.49. The molecule has 1 aromatic carbocycles. The van der Waals surface area contributed by atoms with Crippen LogP contribution >= 0.6 is 0 Å². The molecule has 1 saturated carbocycles. The summed E-state index contributed by atoms with van der Waals surface area (Å²) in [5, 5.41) is 10.8. The Hall–Kier alpha value is -1.02. The maximum atomic E-state index is 10.8. The van der Waals surface area contributed by atoms with E-state index in [2.05, 4.69) is 25.1 Å². The van der Waals surface area contributed by atoms with Gasteiger partial charge in [0.25, 0.3) is 0 Å². The lowest BCUT2D eigenvalue weighted by Gasteiger charge is -2.38. The van der Waals surface area contributed by atoms with Crippen LogP contribution in [0.25, 0.3) is 0 Å². The van der Waals surface area contributed by atoms with Crippen molar-refractivity contribution in [2.45, 2.75) is 57.5 Å². The Bertz CT molecular complexity index is 455. The van der Waals surface area contributed by atoms with Crippen molar-refractivity contribution >= 4 is 0 Å². The van der Waals surface area contributed by atoms with Gasteiger partial charge < -0.3 is 9.84 Å². The van der Waals surface area contributed by atoms with Crippen LogP contribution in [0.5, 0.6) is 5.75 Å². The molecule has 0 bridgehead atoms. The second-order valence-corrected chi connectivity index (χ2v) is 6.29. The number of hydrogen-bond donors (Lipinski definition) is 1. The molecule has 104 valence electrons. The number of fused-ring (bicyclic) bond motifs is 1. The van der Waals surface area contributed by atoms with Gasteiger partial charge in [0.1, 0.15) is 5.75 Å². The molecule has 0 spiro atoms. The highest BCUT2D eigenvalue weighted by Gasteiger charge is 2.35. The van der Waals surface area contributed by atoms with Crippen LogP contribution in [-0.4, -0.2) is 17.3 Å². The number of ether oxygens (including phenoxy) is 1. The Balaban J connectivity index is 1.65. The molecule has 0 saturated heterocycles. The summed E-state index contributed by atoms with van der Waals surface area (Å²) in [5.41, 5.74) is 2.24. The van der Waals surface area contributed by atoms with Crippen molar-refractivity contribution in [2.24, 2.45) is 5.92 Å². The fourth-order valence-electron chi connectivity index (χ4n) is 3.52. The minimum Gasteiger partial charge on any atom is -0.493 e. The Labute approximate surface area is 115 Å². The number of aryl methyl sites for hydroxylation is 1. The van der Waals surface area contributed by atoms with Gasteiger partial charge in [-0.2, -0.15) is 0 Å². The molecule has 2 heteroatoms. The van der Waals surface area contributed by atoms with Gasteiger partial charge in [-0.25, -0.2) is 0 Å². The fourth-order valence-corrected chi connectivity index (χ4v) is 3.52. The van der Waals surface area contributed by atoms with Gasteiger partial charge in [0.15, 0.2) is 0 Å². The lowest BCUT2D eigenvalue weighted by Crippen LogP contribution is -2.39. The zero-order valence-electron chi connectivity index (χ0n) is 11.8. The van der Waals surface area contributed by atoms with Crippen molar-refractivity contribution in [1.29, 1.82) is 0 Å². The lowest BCUT2D eigenvalue weighted by atomic mass is 9.73. The van der Waals surface area contributed by atoms with Crippen molar-refractivity contribution in [3.8, 4) is 5.75 Å². The number of hydrogen-bond acceptors (Lipinski definition) is 2. The van der Waals surface area contributed by atoms with Gasteiger partial charge in [-0.3, -0.25) is 0 Å². The lowest BCUT2D eigenvalue weighted by molar-refractivity contribution is -0.0475. The van der Waals surface area contributed by atoms with Crippen LogP contribution < -0.4 is 4.74 Å². The Morgan fingerprint density at radius 2 is 2.26 bits per heavy atom. The zero-order valence-corrected chi connectivity index (χ0v) is 11.8. The van der Waals surface area contributed by atoms with E-state index in [1.165, 1.54) is 30.4 Å². The monoisotopic (exact) mass is 260 g/mol. The molecule has 19 heavy (non-hydrogen) atoms. The quantitative estimate of drug-likeness (QED) is 0.901. The first-order valence-electron chi connectivity index (χ1n) is 7.64. The first-order chi connectivity index (χ1) is 9.17. The van der Waals surface area contributed by atoms with E-state index in [0.717, 1.165) is 38.0 Å². The van der Waals surface area contributed by atoms with Gasteiger partial charge in [-0.1, -0.05) is 31.9 Å². The number of aliphatic hydroxyl groups is 1. The minimum absolute atomic E-state index is 0.437. The molecular formula is C17H24O2. The Morgan fingerprint density at radius 3 is 3.11 bits per heavy atom. The third-order valence-electron chi connectivity index (χ3n) is 5.01. The molecule has 2 atom stereocenters. The zero-order chi connectivity index (χ0) is 13.3. The maximum absolute atomic E-state index is 10.8. The second-order valence-electron chi connectivity index (χ2n) is 6.29. The smallest absolute Gasteiger partial charge is 0.122 e. The summed E-state index contributed by atoms with van der Waals surface area (Å²) in [6.45, 7) is 3.02. The molecule has 0 amide bonds. The van der Waals surface area contributed by atoms with Crippen molar-refractivity contribution in [1.82, 2.24) is 0 Å². The summed E-state index contributed by atoms with van der Waals surface area (Å²) in [4.78, 5) is 0. The average molecular weight is 260 g/mol. The summed E-state index contributed by atoms with van der Waals surface area (Å²) in [6.07, 6.45) is 7.51. The van der Waals surface area contributed by atoms with Crippen LogP contribution in [0.15, 0.2) is 18.2 Å².